The van der Waals surface area contributed by atoms with Crippen LogP contribution < -0.4 is 16.1 Å². The van der Waals surface area contributed by atoms with E-state index < -0.39 is 5.91 Å². The smallest absolute Gasteiger partial charge is 0.315 e. The number of urea groups is 1. The number of rotatable bonds is 5. The van der Waals surface area contributed by atoms with Gasteiger partial charge < -0.3 is 10.6 Å². The highest BCUT2D eigenvalue weighted by molar-refractivity contribution is 5.93. The standard InChI is InChI=1S/C22H31N3O3/c1-13(2)19(17-3-5-18(6-4-17)20(26)25-28)23-21(27)24-22-10-14-7-15(11-22)9-16(8-14)12-22/h3-6,13-16,19,28H,7-12H2,1-2H3,(H,25,26)(H2,23,24,27)/t14?,15?,16?,19-,22?/m1/s1. The second-order valence-electron chi connectivity index (χ2n) is 9.58. The molecule has 0 radical (unpaired) electrons. The van der Waals surface area contributed by atoms with Crippen molar-refractivity contribution in [3.63, 3.8) is 0 Å². The first-order valence-electron chi connectivity index (χ1n) is 10.5. The predicted octanol–water partition coefficient (Wildman–Crippen LogP) is 3.77. The number of carbonyl (C=O) groups excluding carboxylic acids is 2. The van der Waals surface area contributed by atoms with Crippen LogP contribution in [0, 0.1) is 23.7 Å². The van der Waals surface area contributed by atoms with Crippen LogP contribution in [0.3, 0.4) is 0 Å². The van der Waals surface area contributed by atoms with Gasteiger partial charge in [-0.15, -0.1) is 0 Å². The fourth-order valence-corrected chi connectivity index (χ4v) is 6.22. The van der Waals surface area contributed by atoms with Gasteiger partial charge in [0, 0.05) is 11.1 Å². The molecule has 0 unspecified atom stereocenters. The van der Waals surface area contributed by atoms with Crippen molar-refractivity contribution in [1.82, 2.24) is 16.1 Å². The van der Waals surface area contributed by atoms with Gasteiger partial charge in [-0.1, -0.05) is 26.0 Å². The number of nitrogens with one attached hydrogen (secondary N) is 3. The molecule has 1 aromatic rings. The molecule has 4 fully saturated rings. The van der Waals surface area contributed by atoms with Gasteiger partial charge >= 0.3 is 6.03 Å². The lowest BCUT2D eigenvalue weighted by Gasteiger charge is -2.56. The van der Waals surface area contributed by atoms with Crippen LogP contribution in [-0.4, -0.2) is 22.7 Å². The van der Waals surface area contributed by atoms with Gasteiger partial charge in [-0.05, 0) is 79.9 Å². The van der Waals surface area contributed by atoms with Gasteiger partial charge in [0.15, 0.2) is 0 Å². The summed E-state index contributed by atoms with van der Waals surface area (Å²) in [4.78, 5) is 24.4. The first-order chi connectivity index (χ1) is 13.4. The van der Waals surface area contributed by atoms with Gasteiger partial charge in [0.1, 0.15) is 0 Å². The maximum Gasteiger partial charge on any atom is 0.315 e. The van der Waals surface area contributed by atoms with Crippen LogP contribution in [-0.2, 0) is 0 Å². The largest absolute Gasteiger partial charge is 0.333 e. The molecule has 0 spiro atoms. The molecule has 0 heterocycles. The predicted molar refractivity (Wildman–Crippen MR) is 106 cm³/mol. The Kier molecular flexibility index (Phi) is 5.08. The Hall–Kier alpha value is -2.08. The molecule has 0 aromatic heterocycles. The maximum absolute atomic E-state index is 12.9. The molecule has 4 saturated carbocycles. The molecule has 0 aliphatic heterocycles. The molecule has 28 heavy (non-hydrogen) atoms. The summed E-state index contributed by atoms with van der Waals surface area (Å²) in [6.45, 7) is 4.15. The van der Waals surface area contributed by atoms with Crippen LogP contribution in [0.1, 0.15) is 74.3 Å². The third-order valence-corrected chi connectivity index (χ3v) is 7.00. The highest BCUT2D eigenvalue weighted by Crippen LogP contribution is 2.55. The zero-order valence-electron chi connectivity index (χ0n) is 16.7. The number of benzene rings is 1. The SMILES string of the molecule is CC(C)[C@@H](NC(=O)NC12CC3CC(CC(C3)C1)C2)c1ccc(C(=O)NO)cc1. The Bertz CT molecular complexity index is 709. The lowest BCUT2D eigenvalue weighted by atomic mass is 9.53. The first kappa shape index (κ1) is 19.2. The van der Waals surface area contributed by atoms with Crippen LogP contribution in [0.4, 0.5) is 4.79 Å². The normalized spacial score (nSPS) is 31.5. The van der Waals surface area contributed by atoms with E-state index >= 15 is 0 Å². The summed E-state index contributed by atoms with van der Waals surface area (Å²) in [6.07, 6.45) is 7.44. The van der Waals surface area contributed by atoms with Gasteiger partial charge in [0.2, 0.25) is 0 Å². The number of amides is 3. The molecule has 4 aliphatic rings. The average Bonchev–Trinajstić information content (AvgIpc) is 2.64. The van der Waals surface area contributed by atoms with Crippen LogP contribution in [0.2, 0.25) is 0 Å². The fourth-order valence-electron chi connectivity index (χ4n) is 6.22. The van der Waals surface area contributed by atoms with Gasteiger partial charge in [0.05, 0.1) is 6.04 Å². The number of carbonyl (C=O) groups is 2. The molecule has 3 amide bonds. The Morgan fingerprint density at radius 3 is 2.00 bits per heavy atom. The van der Waals surface area contributed by atoms with Crippen LogP contribution in [0.15, 0.2) is 24.3 Å². The fraction of sp³-hybridized carbons (Fsp3) is 0.636. The van der Waals surface area contributed by atoms with E-state index in [1.165, 1.54) is 19.3 Å². The van der Waals surface area contributed by atoms with E-state index in [-0.39, 0.29) is 23.5 Å². The monoisotopic (exact) mass is 385 g/mol. The van der Waals surface area contributed by atoms with Crippen molar-refractivity contribution < 1.29 is 14.8 Å². The minimum atomic E-state index is -0.542. The second-order valence-corrected chi connectivity index (χ2v) is 9.58. The first-order valence-corrected chi connectivity index (χ1v) is 10.5. The van der Waals surface area contributed by atoms with E-state index in [4.69, 9.17) is 5.21 Å². The molecule has 1 atom stereocenters. The summed E-state index contributed by atoms with van der Waals surface area (Å²) in [6, 6.07) is 6.77. The Balaban J connectivity index is 1.43. The lowest BCUT2D eigenvalue weighted by molar-refractivity contribution is -0.0137. The summed E-state index contributed by atoms with van der Waals surface area (Å²) in [7, 11) is 0. The summed E-state index contributed by atoms with van der Waals surface area (Å²) in [5.74, 6) is 2.03. The Labute approximate surface area is 166 Å². The van der Waals surface area contributed by atoms with Crippen molar-refractivity contribution in [1.29, 1.82) is 0 Å². The highest BCUT2D eigenvalue weighted by Gasteiger charge is 2.51. The van der Waals surface area contributed by atoms with Crippen LogP contribution >= 0.6 is 0 Å². The number of hydroxylamine groups is 1. The number of hydrogen-bond acceptors (Lipinski definition) is 3. The second kappa shape index (κ2) is 7.39. The molecular weight excluding hydrogens is 354 g/mol. The van der Waals surface area contributed by atoms with Crippen molar-refractivity contribution in [3.8, 4) is 0 Å². The number of hydrogen-bond donors (Lipinski definition) is 4. The molecule has 5 rings (SSSR count). The third-order valence-electron chi connectivity index (χ3n) is 7.00. The molecule has 1 aromatic carbocycles. The van der Waals surface area contributed by atoms with Crippen molar-refractivity contribution in [2.24, 2.45) is 23.7 Å². The van der Waals surface area contributed by atoms with Crippen LogP contribution in [0.25, 0.3) is 0 Å². The van der Waals surface area contributed by atoms with Crippen LogP contribution in [0.5, 0.6) is 0 Å². The molecule has 4 N–H and O–H groups in total. The van der Waals surface area contributed by atoms with Gasteiger partial charge in [-0.3, -0.25) is 10.0 Å². The van der Waals surface area contributed by atoms with E-state index in [1.807, 2.05) is 12.1 Å². The quantitative estimate of drug-likeness (QED) is 0.459. The van der Waals surface area contributed by atoms with Crippen molar-refractivity contribution in [3.05, 3.63) is 35.4 Å². The minimum Gasteiger partial charge on any atom is -0.333 e. The molecule has 6 heteroatoms. The van der Waals surface area contributed by atoms with E-state index in [0.717, 1.165) is 42.6 Å². The summed E-state index contributed by atoms with van der Waals surface area (Å²) < 4.78 is 0. The molecule has 152 valence electrons. The van der Waals surface area contributed by atoms with Crippen molar-refractivity contribution >= 4 is 11.9 Å². The highest BCUT2D eigenvalue weighted by atomic mass is 16.5. The third kappa shape index (κ3) is 3.75. The van der Waals surface area contributed by atoms with Gasteiger partial charge in [0.25, 0.3) is 5.91 Å². The lowest BCUT2D eigenvalue weighted by Crippen LogP contribution is -2.61. The van der Waals surface area contributed by atoms with Gasteiger partial charge in [-0.25, -0.2) is 10.3 Å². The van der Waals surface area contributed by atoms with E-state index in [1.54, 1.807) is 17.6 Å². The Morgan fingerprint density at radius 2 is 1.54 bits per heavy atom. The molecule has 4 aliphatic carbocycles. The zero-order chi connectivity index (χ0) is 19.9. The Morgan fingerprint density at radius 1 is 1.00 bits per heavy atom. The molecular formula is C22H31N3O3. The summed E-state index contributed by atoms with van der Waals surface area (Å²) in [5, 5.41) is 15.3. The van der Waals surface area contributed by atoms with E-state index in [2.05, 4.69) is 24.5 Å². The summed E-state index contributed by atoms with van der Waals surface area (Å²) >= 11 is 0. The molecule has 0 saturated heterocycles. The maximum atomic E-state index is 12.9. The molecule has 6 nitrogen and oxygen atoms in total. The average molecular weight is 386 g/mol. The minimum absolute atomic E-state index is 0.0105. The van der Waals surface area contributed by atoms with E-state index in [9.17, 15) is 9.59 Å². The van der Waals surface area contributed by atoms with Gasteiger partial charge in [-0.2, -0.15) is 0 Å². The topological polar surface area (TPSA) is 90.5 Å². The molecule has 4 bridgehead atoms. The van der Waals surface area contributed by atoms with Crippen molar-refractivity contribution in [2.75, 3.05) is 0 Å². The zero-order valence-corrected chi connectivity index (χ0v) is 16.7. The summed E-state index contributed by atoms with van der Waals surface area (Å²) in [5.41, 5.74) is 2.96. The van der Waals surface area contributed by atoms with Crippen molar-refractivity contribution in [2.45, 2.75) is 64.0 Å². The van der Waals surface area contributed by atoms with E-state index in [0.29, 0.717) is 5.56 Å².